The number of benzene rings is 1. The Morgan fingerprint density at radius 2 is 1.82 bits per heavy atom. The maximum atomic E-state index is 10.2. The van der Waals surface area contributed by atoms with Crippen LogP contribution in [0.2, 0.25) is 0 Å². The van der Waals surface area contributed by atoms with Gasteiger partial charge in [0.25, 0.3) is 0 Å². The summed E-state index contributed by atoms with van der Waals surface area (Å²) < 4.78 is 0. The van der Waals surface area contributed by atoms with Crippen molar-refractivity contribution in [1.82, 2.24) is 5.32 Å². The van der Waals surface area contributed by atoms with Gasteiger partial charge in [-0.15, -0.1) is 0 Å². The van der Waals surface area contributed by atoms with Crippen LogP contribution in [0.4, 0.5) is 0 Å². The molecule has 0 bridgehead atoms. The molecule has 96 valence electrons. The molecule has 0 fully saturated rings. The highest BCUT2D eigenvalue weighted by Crippen LogP contribution is 2.19. The van der Waals surface area contributed by atoms with Gasteiger partial charge in [0.2, 0.25) is 0 Å². The molecule has 1 aromatic rings. The van der Waals surface area contributed by atoms with Gasteiger partial charge in [0.1, 0.15) is 0 Å². The van der Waals surface area contributed by atoms with Crippen LogP contribution in [0, 0.1) is 0 Å². The second-order valence-corrected chi connectivity index (χ2v) is 4.23. The lowest BCUT2D eigenvalue weighted by atomic mass is 9.99. The summed E-state index contributed by atoms with van der Waals surface area (Å²) in [5.41, 5.74) is 2.21. The van der Waals surface area contributed by atoms with E-state index in [9.17, 15) is 5.11 Å². The number of rotatable bonds is 7. The van der Waals surface area contributed by atoms with Gasteiger partial charge >= 0.3 is 0 Å². The number of aliphatic hydroxyl groups is 2. The van der Waals surface area contributed by atoms with Crippen molar-refractivity contribution in [2.75, 3.05) is 13.2 Å². The molecule has 2 atom stereocenters. The lowest BCUT2D eigenvalue weighted by molar-refractivity contribution is 0.122. The topological polar surface area (TPSA) is 52.5 Å². The first kappa shape index (κ1) is 14.2. The first-order chi connectivity index (χ1) is 8.22. The van der Waals surface area contributed by atoms with Gasteiger partial charge < -0.3 is 15.5 Å². The van der Waals surface area contributed by atoms with E-state index >= 15 is 0 Å². The smallest absolute Gasteiger partial charge is 0.0942 e. The van der Waals surface area contributed by atoms with Gasteiger partial charge in [-0.1, -0.05) is 38.1 Å². The fraction of sp³-hybridized carbons (Fsp3) is 0.571. The summed E-state index contributed by atoms with van der Waals surface area (Å²) in [4.78, 5) is 0. The number of hydrogen-bond donors (Lipinski definition) is 3. The van der Waals surface area contributed by atoms with E-state index in [1.165, 1.54) is 5.56 Å². The molecule has 3 nitrogen and oxygen atoms in total. The molecule has 1 rings (SSSR count). The van der Waals surface area contributed by atoms with Gasteiger partial charge in [0.05, 0.1) is 12.7 Å². The zero-order chi connectivity index (χ0) is 12.7. The minimum absolute atomic E-state index is 0.00498. The lowest BCUT2D eigenvalue weighted by Gasteiger charge is -2.23. The average Bonchev–Trinajstić information content (AvgIpc) is 2.39. The zero-order valence-electron chi connectivity index (χ0n) is 10.7. The van der Waals surface area contributed by atoms with Crippen LogP contribution >= 0.6 is 0 Å². The van der Waals surface area contributed by atoms with Gasteiger partial charge in [-0.05, 0) is 24.0 Å². The van der Waals surface area contributed by atoms with Crippen LogP contribution in [0.25, 0.3) is 0 Å². The zero-order valence-corrected chi connectivity index (χ0v) is 10.7. The van der Waals surface area contributed by atoms with Crippen molar-refractivity contribution in [2.45, 2.75) is 38.8 Å². The number of aliphatic hydroxyl groups excluding tert-OH is 2. The number of hydrogen-bond acceptors (Lipinski definition) is 3. The Hall–Kier alpha value is -0.900. The van der Waals surface area contributed by atoms with Crippen LogP contribution in [-0.2, 0) is 6.42 Å². The molecule has 0 saturated heterocycles. The maximum Gasteiger partial charge on any atom is 0.0942 e. The van der Waals surface area contributed by atoms with Gasteiger partial charge in [-0.25, -0.2) is 0 Å². The molecule has 0 amide bonds. The van der Waals surface area contributed by atoms with Gasteiger partial charge in [0.15, 0.2) is 0 Å². The second kappa shape index (κ2) is 7.43. The molecule has 3 N–H and O–H groups in total. The highest BCUT2D eigenvalue weighted by molar-refractivity contribution is 5.25. The van der Waals surface area contributed by atoms with Crippen LogP contribution in [0.15, 0.2) is 24.3 Å². The Balaban J connectivity index is 2.67. The molecule has 17 heavy (non-hydrogen) atoms. The largest absolute Gasteiger partial charge is 0.395 e. The minimum Gasteiger partial charge on any atom is -0.395 e. The molecule has 2 unspecified atom stereocenters. The van der Waals surface area contributed by atoms with E-state index in [1.54, 1.807) is 0 Å². The van der Waals surface area contributed by atoms with Crippen molar-refractivity contribution in [3.63, 3.8) is 0 Å². The van der Waals surface area contributed by atoms with E-state index < -0.39 is 6.10 Å². The third kappa shape index (κ3) is 4.11. The van der Waals surface area contributed by atoms with Crippen molar-refractivity contribution in [3.8, 4) is 0 Å². The fourth-order valence-corrected chi connectivity index (χ4v) is 1.91. The van der Waals surface area contributed by atoms with Crippen LogP contribution in [0.3, 0.4) is 0 Å². The lowest BCUT2D eigenvalue weighted by Crippen LogP contribution is -2.36. The SMILES string of the molecule is CCc1ccc(C(O)C(CC)NCCO)cc1. The Morgan fingerprint density at radius 3 is 2.29 bits per heavy atom. The Kier molecular flexibility index (Phi) is 6.19. The van der Waals surface area contributed by atoms with E-state index in [0.29, 0.717) is 6.54 Å². The Bertz CT molecular complexity index is 311. The van der Waals surface area contributed by atoms with Gasteiger partial charge in [-0.3, -0.25) is 0 Å². The van der Waals surface area contributed by atoms with E-state index in [2.05, 4.69) is 24.4 Å². The van der Waals surface area contributed by atoms with E-state index in [4.69, 9.17) is 5.11 Å². The van der Waals surface area contributed by atoms with E-state index in [0.717, 1.165) is 18.4 Å². The summed E-state index contributed by atoms with van der Waals surface area (Å²) >= 11 is 0. The van der Waals surface area contributed by atoms with Crippen LogP contribution in [0.5, 0.6) is 0 Å². The molecule has 0 aliphatic carbocycles. The number of nitrogens with one attached hydrogen (secondary N) is 1. The van der Waals surface area contributed by atoms with Gasteiger partial charge in [-0.2, -0.15) is 0 Å². The second-order valence-electron chi connectivity index (χ2n) is 4.23. The molecular weight excluding hydrogens is 214 g/mol. The highest BCUT2D eigenvalue weighted by atomic mass is 16.3. The third-order valence-electron chi connectivity index (χ3n) is 3.07. The quantitative estimate of drug-likeness (QED) is 0.676. The average molecular weight is 237 g/mol. The molecular formula is C14H23NO2. The van der Waals surface area contributed by atoms with Crippen LogP contribution < -0.4 is 5.32 Å². The monoisotopic (exact) mass is 237 g/mol. The molecule has 3 heteroatoms. The predicted octanol–water partition coefficient (Wildman–Crippen LogP) is 1.64. The first-order valence-electron chi connectivity index (χ1n) is 6.34. The van der Waals surface area contributed by atoms with Crippen molar-refractivity contribution < 1.29 is 10.2 Å². The molecule has 0 aliphatic rings. The third-order valence-corrected chi connectivity index (χ3v) is 3.07. The summed E-state index contributed by atoms with van der Waals surface area (Å²) in [5, 5.41) is 22.2. The summed E-state index contributed by atoms with van der Waals surface area (Å²) in [6, 6.07) is 8.06. The summed E-state index contributed by atoms with van der Waals surface area (Å²) in [5.74, 6) is 0. The summed E-state index contributed by atoms with van der Waals surface area (Å²) in [6.45, 7) is 4.75. The maximum absolute atomic E-state index is 10.2. The predicted molar refractivity (Wildman–Crippen MR) is 69.9 cm³/mol. The highest BCUT2D eigenvalue weighted by Gasteiger charge is 2.18. The van der Waals surface area contributed by atoms with Crippen molar-refractivity contribution in [1.29, 1.82) is 0 Å². The summed E-state index contributed by atoms with van der Waals surface area (Å²) in [7, 11) is 0. The molecule has 0 aliphatic heterocycles. The van der Waals surface area contributed by atoms with Crippen LogP contribution in [0.1, 0.15) is 37.5 Å². The normalized spacial score (nSPS) is 14.6. The van der Waals surface area contributed by atoms with E-state index in [-0.39, 0.29) is 12.6 Å². The molecule has 0 radical (unpaired) electrons. The minimum atomic E-state index is -0.516. The van der Waals surface area contributed by atoms with Gasteiger partial charge in [0, 0.05) is 12.6 Å². The molecule has 1 aromatic carbocycles. The van der Waals surface area contributed by atoms with Crippen molar-refractivity contribution >= 4 is 0 Å². The van der Waals surface area contributed by atoms with Crippen LogP contribution in [-0.4, -0.2) is 29.4 Å². The summed E-state index contributed by atoms with van der Waals surface area (Å²) in [6.07, 6.45) is 1.32. The molecule has 0 heterocycles. The fourth-order valence-electron chi connectivity index (χ4n) is 1.91. The van der Waals surface area contributed by atoms with E-state index in [1.807, 2.05) is 19.1 Å². The standard InChI is InChI=1S/C14H23NO2/c1-3-11-5-7-12(8-6-11)14(17)13(4-2)15-9-10-16/h5-8,13-17H,3-4,9-10H2,1-2H3. The molecule has 0 aromatic heterocycles. The Morgan fingerprint density at radius 1 is 1.18 bits per heavy atom. The number of aryl methyl sites for hydroxylation is 1. The van der Waals surface area contributed by atoms with Crippen molar-refractivity contribution in [2.24, 2.45) is 0 Å². The molecule has 0 spiro atoms. The molecule has 0 saturated carbocycles. The first-order valence-corrected chi connectivity index (χ1v) is 6.34. The Labute approximate surface area is 103 Å². The van der Waals surface area contributed by atoms with Crippen molar-refractivity contribution in [3.05, 3.63) is 35.4 Å².